The van der Waals surface area contributed by atoms with Gasteiger partial charge in [0.25, 0.3) is 0 Å². The molecule has 1 heterocycles. The first-order valence-corrected chi connectivity index (χ1v) is 5.97. The van der Waals surface area contributed by atoms with E-state index in [2.05, 4.69) is 5.10 Å². The Morgan fingerprint density at radius 2 is 2.00 bits per heavy atom. The minimum absolute atomic E-state index is 0.479. The molecule has 0 fully saturated rings. The van der Waals surface area contributed by atoms with Crippen LogP contribution in [0.3, 0.4) is 0 Å². The van der Waals surface area contributed by atoms with Crippen LogP contribution in [0.15, 0.2) is 35.4 Å². The van der Waals surface area contributed by atoms with Gasteiger partial charge in [0.1, 0.15) is 15.9 Å². The number of nitrogens with zero attached hydrogens (tertiary/aromatic N) is 2. The highest BCUT2D eigenvalue weighted by atomic mass is 35.5. The van der Waals surface area contributed by atoms with Crippen molar-refractivity contribution in [1.29, 1.82) is 0 Å². The predicted molar refractivity (Wildman–Crippen MR) is 64.8 cm³/mol. The molecule has 2 aromatic rings. The Morgan fingerprint density at radius 1 is 1.33 bits per heavy atom. The van der Waals surface area contributed by atoms with E-state index < -0.39 is 0 Å². The number of rotatable bonds is 2. The average Bonchev–Trinajstić information content (AvgIpc) is 2.57. The van der Waals surface area contributed by atoms with Crippen LogP contribution < -0.4 is 5.73 Å². The summed E-state index contributed by atoms with van der Waals surface area (Å²) in [4.78, 5) is 0. The van der Waals surface area contributed by atoms with E-state index in [9.17, 15) is 0 Å². The minimum atomic E-state index is 0.479. The van der Waals surface area contributed by atoms with Crippen molar-refractivity contribution >= 4 is 29.2 Å². The summed E-state index contributed by atoms with van der Waals surface area (Å²) in [6, 6.07) is 9.68. The number of nitrogen functional groups attached to an aromatic ring is 1. The Morgan fingerprint density at radius 3 is 2.53 bits per heavy atom. The smallest absolute Gasteiger partial charge is 0.147 e. The first-order chi connectivity index (χ1) is 7.24. The molecule has 0 saturated heterocycles. The fourth-order valence-corrected chi connectivity index (χ4v) is 2.08. The molecule has 2 N–H and O–H groups in total. The van der Waals surface area contributed by atoms with Crippen LogP contribution in [0.2, 0.25) is 5.02 Å². The number of thioether (sulfide) groups is 1. The quantitative estimate of drug-likeness (QED) is 0.820. The molecule has 1 aromatic heterocycles. The molecule has 15 heavy (non-hydrogen) atoms. The van der Waals surface area contributed by atoms with Gasteiger partial charge in [-0.25, -0.2) is 4.68 Å². The zero-order chi connectivity index (χ0) is 10.8. The van der Waals surface area contributed by atoms with Crippen molar-refractivity contribution in [3.8, 4) is 5.69 Å². The van der Waals surface area contributed by atoms with E-state index in [-0.39, 0.29) is 0 Å². The standard InChI is InChI=1S/C10H10ClN3S/c1-15-10-8(11)9(12)14(13-10)7-5-3-2-4-6-7/h2-6H,12H2,1H3. The largest absolute Gasteiger partial charge is 0.382 e. The molecule has 0 unspecified atom stereocenters. The zero-order valence-corrected chi connectivity index (χ0v) is 9.72. The number of halogens is 1. The highest BCUT2D eigenvalue weighted by molar-refractivity contribution is 7.98. The summed E-state index contributed by atoms with van der Waals surface area (Å²) in [7, 11) is 0. The van der Waals surface area contributed by atoms with Crippen LogP contribution >= 0.6 is 23.4 Å². The molecule has 0 spiro atoms. The minimum Gasteiger partial charge on any atom is -0.382 e. The van der Waals surface area contributed by atoms with Crippen LogP contribution in [0.4, 0.5) is 5.82 Å². The third-order valence-corrected chi connectivity index (χ3v) is 3.18. The van der Waals surface area contributed by atoms with Crippen LogP contribution in [0, 0.1) is 0 Å². The van der Waals surface area contributed by atoms with E-state index in [1.165, 1.54) is 11.8 Å². The molecule has 0 aliphatic heterocycles. The van der Waals surface area contributed by atoms with Gasteiger partial charge in [0.05, 0.1) is 5.69 Å². The van der Waals surface area contributed by atoms with Gasteiger partial charge in [-0.05, 0) is 18.4 Å². The van der Waals surface area contributed by atoms with E-state index in [1.807, 2.05) is 36.6 Å². The number of aromatic nitrogens is 2. The van der Waals surface area contributed by atoms with Crippen LogP contribution in [-0.2, 0) is 0 Å². The summed E-state index contributed by atoms with van der Waals surface area (Å²) < 4.78 is 1.65. The van der Waals surface area contributed by atoms with E-state index in [0.29, 0.717) is 10.8 Å². The van der Waals surface area contributed by atoms with E-state index >= 15 is 0 Å². The van der Waals surface area contributed by atoms with Gasteiger partial charge in [-0.3, -0.25) is 0 Å². The first-order valence-electron chi connectivity index (χ1n) is 4.37. The lowest BCUT2D eigenvalue weighted by molar-refractivity contribution is 0.846. The number of anilines is 1. The molecule has 0 amide bonds. The summed E-state index contributed by atoms with van der Waals surface area (Å²) in [6.45, 7) is 0. The van der Waals surface area contributed by atoms with Gasteiger partial charge in [-0.2, -0.15) is 5.10 Å². The van der Waals surface area contributed by atoms with Gasteiger partial charge >= 0.3 is 0 Å². The van der Waals surface area contributed by atoms with Crippen molar-refractivity contribution in [3.05, 3.63) is 35.4 Å². The fraction of sp³-hybridized carbons (Fsp3) is 0.100. The maximum absolute atomic E-state index is 6.03. The molecule has 1 aromatic carbocycles. The van der Waals surface area contributed by atoms with Crippen molar-refractivity contribution < 1.29 is 0 Å². The highest BCUT2D eigenvalue weighted by Crippen LogP contribution is 2.31. The molecule has 0 atom stereocenters. The van der Waals surface area contributed by atoms with Crippen LogP contribution in [0.5, 0.6) is 0 Å². The monoisotopic (exact) mass is 239 g/mol. The lowest BCUT2D eigenvalue weighted by Gasteiger charge is -2.02. The molecule has 5 heteroatoms. The van der Waals surface area contributed by atoms with Gasteiger partial charge in [0.15, 0.2) is 0 Å². The van der Waals surface area contributed by atoms with Gasteiger partial charge < -0.3 is 5.73 Å². The van der Waals surface area contributed by atoms with E-state index in [0.717, 1.165) is 10.7 Å². The second kappa shape index (κ2) is 4.16. The second-order valence-corrected chi connectivity index (χ2v) is 4.13. The van der Waals surface area contributed by atoms with Crippen LogP contribution in [0.25, 0.3) is 5.69 Å². The predicted octanol–water partition coefficient (Wildman–Crippen LogP) is 2.83. The summed E-state index contributed by atoms with van der Waals surface area (Å²) >= 11 is 7.52. The Bertz CT molecular complexity index is 467. The molecule has 0 radical (unpaired) electrons. The Labute approximate surface area is 97.2 Å². The highest BCUT2D eigenvalue weighted by Gasteiger charge is 2.13. The topological polar surface area (TPSA) is 43.8 Å². The lowest BCUT2D eigenvalue weighted by Crippen LogP contribution is -2.01. The number of hydrogen-bond donors (Lipinski definition) is 1. The molecule has 3 nitrogen and oxygen atoms in total. The normalized spacial score (nSPS) is 10.5. The number of benzene rings is 1. The maximum Gasteiger partial charge on any atom is 0.147 e. The summed E-state index contributed by atoms with van der Waals surface area (Å²) in [6.07, 6.45) is 1.92. The Hall–Kier alpha value is -1.13. The van der Waals surface area contributed by atoms with E-state index in [1.54, 1.807) is 4.68 Å². The Kier molecular flexibility index (Phi) is 2.88. The van der Waals surface area contributed by atoms with Crippen molar-refractivity contribution in [1.82, 2.24) is 9.78 Å². The molecule has 0 aliphatic carbocycles. The molecular weight excluding hydrogens is 230 g/mol. The maximum atomic E-state index is 6.03. The third kappa shape index (κ3) is 1.82. The molecule has 0 bridgehead atoms. The lowest BCUT2D eigenvalue weighted by atomic mass is 10.3. The van der Waals surface area contributed by atoms with E-state index in [4.69, 9.17) is 17.3 Å². The van der Waals surface area contributed by atoms with Crippen LogP contribution in [-0.4, -0.2) is 16.0 Å². The van der Waals surface area contributed by atoms with Crippen molar-refractivity contribution in [3.63, 3.8) is 0 Å². The summed E-state index contributed by atoms with van der Waals surface area (Å²) in [5, 5.41) is 5.59. The van der Waals surface area contributed by atoms with Crippen LogP contribution in [0.1, 0.15) is 0 Å². The van der Waals surface area contributed by atoms with Gasteiger partial charge in [0.2, 0.25) is 0 Å². The number of nitrogens with two attached hydrogens (primary N) is 1. The van der Waals surface area contributed by atoms with Crippen molar-refractivity contribution in [2.75, 3.05) is 12.0 Å². The average molecular weight is 240 g/mol. The number of hydrogen-bond acceptors (Lipinski definition) is 3. The first kappa shape index (κ1) is 10.4. The third-order valence-electron chi connectivity index (χ3n) is 2.03. The molecule has 78 valence electrons. The second-order valence-electron chi connectivity index (χ2n) is 2.96. The molecule has 0 aliphatic rings. The van der Waals surface area contributed by atoms with Crippen molar-refractivity contribution in [2.45, 2.75) is 5.03 Å². The molecule has 0 saturated carbocycles. The van der Waals surface area contributed by atoms with Gasteiger partial charge in [-0.15, -0.1) is 11.8 Å². The number of para-hydroxylation sites is 1. The summed E-state index contributed by atoms with van der Waals surface area (Å²) in [5.41, 5.74) is 6.78. The Balaban J connectivity index is 2.55. The molecular formula is C10H10ClN3S. The molecule has 2 rings (SSSR count). The SMILES string of the molecule is CSc1nn(-c2ccccc2)c(N)c1Cl. The van der Waals surface area contributed by atoms with Gasteiger partial charge in [0, 0.05) is 0 Å². The van der Waals surface area contributed by atoms with Gasteiger partial charge in [-0.1, -0.05) is 29.8 Å². The van der Waals surface area contributed by atoms with Crippen molar-refractivity contribution in [2.24, 2.45) is 0 Å². The zero-order valence-electron chi connectivity index (χ0n) is 8.14. The summed E-state index contributed by atoms with van der Waals surface area (Å²) in [5.74, 6) is 0.479. The fourth-order valence-electron chi connectivity index (χ4n) is 1.29.